The van der Waals surface area contributed by atoms with Gasteiger partial charge < -0.3 is 21.1 Å². The molecule has 0 atom stereocenters. The summed E-state index contributed by atoms with van der Waals surface area (Å²) in [6.45, 7) is -0.293. The van der Waals surface area contributed by atoms with Crippen LogP contribution in [-0.4, -0.2) is 45.1 Å². The number of ether oxygens (including phenoxy) is 1. The highest BCUT2D eigenvalue weighted by atomic mass is 35.5. The molecule has 5 N–H and O–H groups in total. The monoisotopic (exact) mass is 529 g/mol. The number of rotatable bonds is 8. The number of pyridine rings is 1. The van der Waals surface area contributed by atoms with E-state index in [-0.39, 0.29) is 24.5 Å². The third kappa shape index (κ3) is 5.75. The van der Waals surface area contributed by atoms with Gasteiger partial charge in [-0.3, -0.25) is 14.3 Å². The van der Waals surface area contributed by atoms with Gasteiger partial charge in [-0.05, 0) is 24.3 Å². The van der Waals surface area contributed by atoms with Crippen LogP contribution >= 0.6 is 12.4 Å². The van der Waals surface area contributed by atoms with Gasteiger partial charge in [0.15, 0.2) is 0 Å². The van der Waals surface area contributed by atoms with Gasteiger partial charge in [0.05, 0.1) is 53.6 Å². The number of hydrogen-bond donors (Lipinski definition) is 4. The number of hydrogen-bond acceptors (Lipinski definition) is 7. The van der Waals surface area contributed by atoms with Crippen molar-refractivity contribution in [2.45, 2.75) is 0 Å². The van der Waals surface area contributed by atoms with E-state index in [2.05, 4.69) is 15.4 Å². The molecule has 0 unspecified atom stereocenters. The molecular weight excluding hydrogens is 506 g/mol. The van der Waals surface area contributed by atoms with Crippen LogP contribution in [-0.2, 0) is 14.8 Å². The Balaban J connectivity index is 0.00000361. The number of carbonyl (C=O) groups excluding carboxylic acids is 2. The van der Waals surface area contributed by atoms with Gasteiger partial charge >= 0.3 is 0 Å². The minimum atomic E-state index is -3.46. The molecule has 1 aromatic heterocycles. The summed E-state index contributed by atoms with van der Waals surface area (Å²) in [5.41, 5.74) is 8.14. The lowest BCUT2D eigenvalue weighted by Crippen LogP contribution is -2.33. The maximum absolute atomic E-state index is 12.8. The molecule has 0 fully saturated rings. The number of anilines is 3. The highest BCUT2D eigenvalue weighted by molar-refractivity contribution is 7.92. The van der Waals surface area contributed by atoms with Crippen LogP contribution in [0.15, 0.2) is 60.7 Å². The number of nitrogens with two attached hydrogens (primary N) is 1. The molecule has 188 valence electrons. The Morgan fingerprint density at radius 3 is 2.44 bits per heavy atom. The maximum Gasteiger partial charge on any atom is 0.253 e. The van der Waals surface area contributed by atoms with Crippen LogP contribution in [0.4, 0.5) is 17.1 Å². The third-order valence-electron chi connectivity index (χ3n) is 5.14. The second kappa shape index (κ2) is 10.7. The van der Waals surface area contributed by atoms with Gasteiger partial charge in [0.1, 0.15) is 5.75 Å². The molecule has 0 aliphatic heterocycles. The normalized spacial score (nSPS) is 10.9. The summed E-state index contributed by atoms with van der Waals surface area (Å²) >= 11 is 0. The topological polar surface area (TPSA) is 153 Å². The average molecular weight is 530 g/mol. The summed E-state index contributed by atoms with van der Waals surface area (Å²) in [6.07, 6.45) is 1.07. The lowest BCUT2D eigenvalue weighted by atomic mass is 10.0. The van der Waals surface area contributed by atoms with Crippen molar-refractivity contribution < 1.29 is 22.7 Å². The second-order valence-corrected chi connectivity index (χ2v) is 9.52. The van der Waals surface area contributed by atoms with E-state index in [0.29, 0.717) is 39.2 Å². The summed E-state index contributed by atoms with van der Waals surface area (Å²) in [5.74, 6) is -0.722. The molecule has 12 heteroatoms. The Labute approximate surface area is 213 Å². The summed E-state index contributed by atoms with van der Waals surface area (Å²) in [5, 5.41) is 7.33. The summed E-state index contributed by atoms with van der Waals surface area (Å²) in [6, 6.07) is 17.5. The SMILES string of the molecule is COc1cc(NS(C)(=O)=O)ccc1Nc1c2ccccc2nc2c(C(=O)NCC(N)=O)cccc12.Cl. The number of nitrogens with one attached hydrogen (secondary N) is 3. The number of nitrogens with zero attached hydrogens (tertiary/aromatic N) is 1. The standard InChI is InChI=1S/C24H23N5O5S.ClH/c1-34-20-12-14(29-35(2,32)33)10-11-19(20)28-22-15-6-3-4-9-18(15)27-23-16(22)7-5-8-17(23)24(31)26-13-21(25)30;/h3-12,29H,13H2,1-2H3,(H2,25,30)(H,26,31)(H,27,28);1H. The average Bonchev–Trinajstić information content (AvgIpc) is 2.81. The third-order valence-corrected chi connectivity index (χ3v) is 5.75. The van der Waals surface area contributed by atoms with Crippen LogP contribution in [0.1, 0.15) is 10.4 Å². The number of benzene rings is 3. The van der Waals surface area contributed by atoms with Gasteiger partial charge in [-0.2, -0.15) is 0 Å². The number of fused-ring (bicyclic) bond motifs is 2. The number of carbonyl (C=O) groups is 2. The van der Waals surface area contributed by atoms with Crippen LogP contribution in [0.3, 0.4) is 0 Å². The molecule has 2 amide bonds. The van der Waals surface area contributed by atoms with Gasteiger partial charge in [-0.1, -0.05) is 30.3 Å². The van der Waals surface area contributed by atoms with Crippen molar-refractivity contribution in [2.24, 2.45) is 5.73 Å². The predicted octanol–water partition coefficient (Wildman–Crippen LogP) is 3.15. The Hall–Kier alpha value is -4.09. The van der Waals surface area contributed by atoms with Crippen LogP contribution in [0.2, 0.25) is 0 Å². The fraction of sp³-hybridized carbons (Fsp3) is 0.125. The van der Waals surface area contributed by atoms with Gasteiger partial charge in [-0.15, -0.1) is 12.4 Å². The van der Waals surface area contributed by atoms with Crippen LogP contribution < -0.4 is 25.8 Å². The molecule has 0 aliphatic rings. The van der Waals surface area contributed by atoms with Crippen LogP contribution in [0.25, 0.3) is 21.8 Å². The van der Waals surface area contributed by atoms with Gasteiger partial charge in [-0.25, -0.2) is 13.4 Å². The number of methoxy groups -OCH3 is 1. The second-order valence-electron chi connectivity index (χ2n) is 7.77. The van der Waals surface area contributed by atoms with Crippen molar-refractivity contribution in [3.05, 3.63) is 66.2 Å². The molecule has 0 saturated heterocycles. The molecule has 0 aliphatic carbocycles. The van der Waals surface area contributed by atoms with Crippen molar-refractivity contribution in [3.63, 3.8) is 0 Å². The zero-order valence-electron chi connectivity index (χ0n) is 19.4. The molecule has 10 nitrogen and oxygen atoms in total. The number of sulfonamides is 1. The Morgan fingerprint density at radius 1 is 1.03 bits per heavy atom. The summed E-state index contributed by atoms with van der Waals surface area (Å²) in [4.78, 5) is 28.6. The van der Waals surface area contributed by atoms with Gasteiger partial charge in [0, 0.05) is 16.8 Å². The molecule has 1 heterocycles. The minimum absolute atomic E-state index is 0. The van der Waals surface area contributed by atoms with E-state index in [9.17, 15) is 18.0 Å². The van der Waals surface area contributed by atoms with E-state index in [1.807, 2.05) is 30.3 Å². The zero-order chi connectivity index (χ0) is 25.2. The zero-order valence-corrected chi connectivity index (χ0v) is 21.0. The van der Waals surface area contributed by atoms with Gasteiger partial charge in [0.25, 0.3) is 5.91 Å². The highest BCUT2D eigenvalue weighted by Crippen LogP contribution is 2.37. The van der Waals surface area contributed by atoms with Crippen molar-refractivity contribution in [3.8, 4) is 5.75 Å². The first-order valence-electron chi connectivity index (χ1n) is 10.5. The molecule has 36 heavy (non-hydrogen) atoms. The van der Waals surface area contributed by atoms with E-state index in [1.165, 1.54) is 7.11 Å². The smallest absolute Gasteiger partial charge is 0.253 e. The molecule has 4 rings (SSSR count). The Bertz CT molecular complexity index is 1580. The molecule has 0 bridgehead atoms. The van der Waals surface area contributed by atoms with E-state index >= 15 is 0 Å². The number of aromatic nitrogens is 1. The van der Waals surface area contributed by atoms with Crippen LogP contribution in [0.5, 0.6) is 5.75 Å². The lowest BCUT2D eigenvalue weighted by Gasteiger charge is -2.17. The van der Waals surface area contributed by atoms with Gasteiger partial charge in [0.2, 0.25) is 15.9 Å². The number of primary amides is 1. The van der Waals surface area contributed by atoms with E-state index in [1.54, 1.807) is 30.3 Å². The quantitative estimate of drug-likeness (QED) is 0.256. The molecule has 3 aromatic carbocycles. The molecular formula is C24H24ClN5O5S. The van der Waals surface area contributed by atoms with Crippen molar-refractivity contribution >= 4 is 73.1 Å². The first-order valence-corrected chi connectivity index (χ1v) is 12.4. The summed E-state index contributed by atoms with van der Waals surface area (Å²) in [7, 11) is -1.97. The number of para-hydroxylation sites is 2. The molecule has 0 radical (unpaired) electrons. The van der Waals surface area contributed by atoms with E-state index in [0.717, 1.165) is 11.6 Å². The molecule has 0 spiro atoms. The van der Waals surface area contributed by atoms with E-state index < -0.39 is 21.8 Å². The first-order chi connectivity index (χ1) is 16.7. The molecule has 0 saturated carbocycles. The molecule has 4 aromatic rings. The summed E-state index contributed by atoms with van der Waals surface area (Å²) < 4.78 is 31.1. The Morgan fingerprint density at radius 2 is 1.75 bits per heavy atom. The van der Waals surface area contributed by atoms with E-state index in [4.69, 9.17) is 15.5 Å². The predicted molar refractivity (Wildman–Crippen MR) is 143 cm³/mol. The largest absolute Gasteiger partial charge is 0.494 e. The fourth-order valence-corrected chi connectivity index (χ4v) is 4.26. The van der Waals surface area contributed by atoms with Crippen molar-refractivity contribution in [1.29, 1.82) is 0 Å². The number of halogens is 1. The fourth-order valence-electron chi connectivity index (χ4n) is 3.70. The number of amides is 2. The highest BCUT2D eigenvalue weighted by Gasteiger charge is 2.17. The Kier molecular flexibility index (Phi) is 7.86. The first kappa shape index (κ1) is 26.5. The minimum Gasteiger partial charge on any atom is -0.494 e. The lowest BCUT2D eigenvalue weighted by molar-refractivity contribution is -0.117. The van der Waals surface area contributed by atoms with Crippen LogP contribution in [0, 0.1) is 0 Å². The van der Waals surface area contributed by atoms with Crippen molar-refractivity contribution in [2.75, 3.05) is 29.9 Å². The van der Waals surface area contributed by atoms with Crippen molar-refractivity contribution in [1.82, 2.24) is 10.3 Å². The maximum atomic E-state index is 12.8.